The lowest BCUT2D eigenvalue weighted by atomic mass is 10.2. The predicted octanol–water partition coefficient (Wildman–Crippen LogP) is 6.33. The molecule has 0 bridgehead atoms. The first-order valence-electron chi connectivity index (χ1n) is 9.05. The molecule has 0 aliphatic heterocycles. The molecule has 32 heavy (non-hydrogen) atoms. The minimum absolute atomic E-state index is 0.0748. The molecule has 3 aromatic rings. The van der Waals surface area contributed by atoms with E-state index in [0.717, 1.165) is 4.90 Å². The largest absolute Gasteiger partial charge is 0.478 e. The van der Waals surface area contributed by atoms with Crippen LogP contribution in [0.15, 0.2) is 65.6 Å². The number of amides is 2. The molecule has 0 fully saturated rings. The third kappa shape index (κ3) is 6.40. The number of aromatic carboxylic acids is 1. The summed E-state index contributed by atoms with van der Waals surface area (Å²) in [4.78, 5) is 36.6. The quantitative estimate of drug-likeness (QED) is 0.324. The summed E-state index contributed by atoms with van der Waals surface area (Å²) in [5.74, 6) is -1.82. The van der Waals surface area contributed by atoms with Crippen molar-refractivity contribution in [3.8, 4) is 0 Å². The van der Waals surface area contributed by atoms with E-state index in [1.807, 2.05) is 0 Å². The number of benzene rings is 3. The third-order valence-corrected chi connectivity index (χ3v) is 5.99. The van der Waals surface area contributed by atoms with E-state index in [9.17, 15) is 14.4 Å². The Morgan fingerprint density at radius 2 is 1.56 bits per heavy atom. The highest BCUT2D eigenvalue weighted by molar-refractivity contribution is 8.00. The molecule has 10 heteroatoms. The van der Waals surface area contributed by atoms with E-state index in [4.69, 9.17) is 39.9 Å². The number of anilines is 2. The first-order chi connectivity index (χ1) is 15.2. The summed E-state index contributed by atoms with van der Waals surface area (Å²) in [5, 5.41) is 15.3. The number of carboxylic acids is 1. The first kappa shape index (κ1) is 23.9. The monoisotopic (exact) mass is 508 g/mol. The molecule has 164 valence electrons. The minimum Gasteiger partial charge on any atom is -0.478 e. The average Bonchev–Trinajstić information content (AvgIpc) is 2.73. The highest BCUT2D eigenvalue weighted by Crippen LogP contribution is 2.25. The smallest absolute Gasteiger partial charge is 0.337 e. The summed E-state index contributed by atoms with van der Waals surface area (Å²) in [6, 6.07) is 15.8. The third-order valence-electron chi connectivity index (χ3n) is 4.12. The number of halogens is 3. The first-order valence-corrected chi connectivity index (χ1v) is 11.2. The maximum absolute atomic E-state index is 12.5. The van der Waals surface area contributed by atoms with E-state index in [2.05, 4.69) is 10.6 Å². The van der Waals surface area contributed by atoms with Crippen LogP contribution in [0.3, 0.4) is 0 Å². The fraction of sp³-hybridized carbons (Fsp3) is 0.0455. The molecule has 6 nitrogen and oxygen atoms in total. The van der Waals surface area contributed by atoms with Gasteiger partial charge >= 0.3 is 5.97 Å². The van der Waals surface area contributed by atoms with Gasteiger partial charge in [0.25, 0.3) is 5.91 Å². The Bertz CT molecular complexity index is 1200. The van der Waals surface area contributed by atoms with Gasteiger partial charge in [-0.25, -0.2) is 4.79 Å². The van der Waals surface area contributed by atoms with Crippen LogP contribution in [0.4, 0.5) is 11.4 Å². The molecule has 3 N–H and O–H groups in total. The zero-order valence-corrected chi connectivity index (χ0v) is 19.3. The number of carbonyl (C=O) groups is 3. The highest BCUT2D eigenvalue weighted by atomic mass is 35.5. The van der Waals surface area contributed by atoms with Crippen molar-refractivity contribution < 1.29 is 19.5 Å². The van der Waals surface area contributed by atoms with Gasteiger partial charge in [-0.15, -0.1) is 11.8 Å². The van der Waals surface area contributed by atoms with Crippen molar-refractivity contribution in [1.82, 2.24) is 0 Å². The maximum atomic E-state index is 12.5. The van der Waals surface area contributed by atoms with Crippen LogP contribution in [0, 0.1) is 0 Å². The van der Waals surface area contributed by atoms with Gasteiger partial charge in [0, 0.05) is 21.3 Å². The van der Waals surface area contributed by atoms with Gasteiger partial charge < -0.3 is 15.7 Å². The molecule has 2 amide bonds. The van der Waals surface area contributed by atoms with Crippen LogP contribution in [0.5, 0.6) is 0 Å². The maximum Gasteiger partial charge on any atom is 0.337 e. The standard InChI is InChI=1S/C22H15Cl3N2O4S/c23-12-4-6-16(19(25)8-12)21(29)27-13-2-1-3-15(9-13)32-11-20(28)26-14-5-7-18(24)17(10-14)22(30)31/h1-10H,11H2,(H,26,28)(H,27,29)(H,30,31). The average molecular weight is 510 g/mol. The van der Waals surface area contributed by atoms with Crippen molar-refractivity contribution in [2.75, 3.05) is 16.4 Å². The van der Waals surface area contributed by atoms with Gasteiger partial charge in [0.1, 0.15) is 0 Å². The summed E-state index contributed by atoms with van der Waals surface area (Å²) in [6.07, 6.45) is 0. The lowest BCUT2D eigenvalue weighted by molar-refractivity contribution is -0.113. The molecule has 3 rings (SSSR count). The van der Waals surface area contributed by atoms with Gasteiger partial charge in [-0.05, 0) is 54.6 Å². The molecular weight excluding hydrogens is 495 g/mol. The van der Waals surface area contributed by atoms with Gasteiger partial charge in [0.15, 0.2) is 0 Å². The van der Waals surface area contributed by atoms with Crippen LogP contribution in [0.25, 0.3) is 0 Å². The van der Waals surface area contributed by atoms with Crippen molar-refractivity contribution >= 4 is 75.7 Å². The highest BCUT2D eigenvalue weighted by Gasteiger charge is 2.13. The molecule has 0 spiro atoms. The Morgan fingerprint density at radius 1 is 0.812 bits per heavy atom. The summed E-state index contributed by atoms with van der Waals surface area (Å²) in [6.45, 7) is 0. The number of rotatable bonds is 7. The van der Waals surface area contributed by atoms with E-state index in [0.29, 0.717) is 16.4 Å². The zero-order valence-electron chi connectivity index (χ0n) is 16.2. The topological polar surface area (TPSA) is 95.5 Å². The van der Waals surface area contributed by atoms with Crippen molar-refractivity contribution in [1.29, 1.82) is 0 Å². The van der Waals surface area contributed by atoms with Gasteiger partial charge in [-0.1, -0.05) is 40.9 Å². The number of hydrogen-bond acceptors (Lipinski definition) is 4. The zero-order chi connectivity index (χ0) is 23.3. The second-order valence-corrected chi connectivity index (χ2v) is 8.74. The predicted molar refractivity (Wildman–Crippen MR) is 129 cm³/mol. The van der Waals surface area contributed by atoms with Crippen molar-refractivity contribution in [2.24, 2.45) is 0 Å². The normalized spacial score (nSPS) is 10.5. The molecular formula is C22H15Cl3N2O4S. The molecule has 0 radical (unpaired) electrons. The Kier molecular flexibility index (Phi) is 8.04. The lowest BCUT2D eigenvalue weighted by Gasteiger charge is -2.09. The van der Waals surface area contributed by atoms with Crippen molar-refractivity contribution in [3.05, 3.63) is 86.9 Å². The number of carbonyl (C=O) groups excluding carboxylic acids is 2. The number of thioether (sulfide) groups is 1. The van der Waals surface area contributed by atoms with Crippen LogP contribution in [0.2, 0.25) is 15.1 Å². The molecule has 3 aromatic carbocycles. The van der Waals surface area contributed by atoms with Crippen molar-refractivity contribution in [3.63, 3.8) is 0 Å². The van der Waals surface area contributed by atoms with Crippen LogP contribution in [0.1, 0.15) is 20.7 Å². The summed E-state index contributed by atoms with van der Waals surface area (Å²) >= 11 is 19.0. The van der Waals surface area contributed by atoms with E-state index < -0.39 is 5.97 Å². The van der Waals surface area contributed by atoms with E-state index in [-0.39, 0.29) is 38.7 Å². The molecule has 0 heterocycles. The minimum atomic E-state index is -1.18. The second-order valence-electron chi connectivity index (χ2n) is 6.44. The summed E-state index contributed by atoms with van der Waals surface area (Å²) in [7, 11) is 0. The van der Waals surface area contributed by atoms with E-state index >= 15 is 0 Å². The van der Waals surface area contributed by atoms with Crippen molar-refractivity contribution in [2.45, 2.75) is 4.90 Å². The lowest BCUT2D eigenvalue weighted by Crippen LogP contribution is -2.14. The molecule has 0 unspecified atom stereocenters. The molecule has 0 aliphatic rings. The SMILES string of the molecule is O=C(CSc1cccc(NC(=O)c2ccc(Cl)cc2Cl)c1)Nc1ccc(Cl)c(C(=O)O)c1. The number of carboxylic acid groups (broad SMARTS) is 1. The van der Waals surface area contributed by atoms with Crippen LogP contribution < -0.4 is 10.6 Å². The van der Waals surface area contributed by atoms with Crippen LogP contribution in [-0.4, -0.2) is 28.6 Å². The van der Waals surface area contributed by atoms with E-state index in [1.165, 1.54) is 42.1 Å². The van der Waals surface area contributed by atoms with Crippen LogP contribution in [-0.2, 0) is 4.79 Å². The molecule has 0 saturated heterocycles. The van der Waals surface area contributed by atoms with Gasteiger partial charge in [-0.2, -0.15) is 0 Å². The number of nitrogens with one attached hydrogen (secondary N) is 2. The Hall–Kier alpha value is -2.71. The van der Waals surface area contributed by atoms with Crippen LogP contribution >= 0.6 is 46.6 Å². The van der Waals surface area contributed by atoms with E-state index in [1.54, 1.807) is 30.3 Å². The second kappa shape index (κ2) is 10.7. The van der Waals surface area contributed by atoms with Gasteiger partial charge in [-0.3, -0.25) is 9.59 Å². The molecule has 0 aliphatic carbocycles. The van der Waals surface area contributed by atoms with Gasteiger partial charge in [0.05, 0.1) is 26.9 Å². The molecule has 0 aromatic heterocycles. The summed E-state index contributed by atoms with van der Waals surface area (Å²) in [5.41, 5.74) is 1.06. The Morgan fingerprint density at radius 3 is 2.28 bits per heavy atom. The fourth-order valence-corrected chi connectivity index (χ4v) is 4.10. The Balaban J connectivity index is 1.60. The molecule has 0 saturated carbocycles. The summed E-state index contributed by atoms with van der Waals surface area (Å²) < 4.78 is 0. The Labute approximate surface area is 202 Å². The molecule has 0 atom stereocenters. The number of hydrogen-bond donors (Lipinski definition) is 3. The fourth-order valence-electron chi connectivity index (χ4n) is 2.65. The van der Waals surface area contributed by atoms with Gasteiger partial charge in [0.2, 0.25) is 5.91 Å².